The van der Waals surface area contributed by atoms with Gasteiger partial charge in [0.05, 0.1) is 0 Å². The fraction of sp³-hybridized carbons (Fsp3) is 0.727. The highest BCUT2D eigenvalue weighted by Gasteiger charge is 2.32. The molecule has 0 saturated heterocycles. The van der Waals surface area contributed by atoms with Crippen molar-refractivity contribution in [3.8, 4) is 0 Å². The number of carbonyl (C=O) groups excluding carboxylic acids is 1. The molecule has 0 aromatic rings. The molecular formula is C11H18O. The molecule has 1 heteroatoms. The Morgan fingerprint density at radius 3 is 2.75 bits per heavy atom. The summed E-state index contributed by atoms with van der Waals surface area (Å²) in [6.07, 6.45) is 6.93. The normalized spacial score (nSPS) is 24.6. The molecule has 0 amide bonds. The maximum atomic E-state index is 11.5. The second kappa shape index (κ2) is 3.42. The Labute approximate surface area is 74.9 Å². The summed E-state index contributed by atoms with van der Waals surface area (Å²) in [6.45, 7) is 6.54. The largest absolute Gasteiger partial charge is 0.295 e. The van der Waals surface area contributed by atoms with Crippen LogP contribution in [0.5, 0.6) is 0 Å². The predicted molar refractivity (Wildman–Crippen MR) is 50.9 cm³/mol. The molecule has 0 saturated carbocycles. The van der Waals surface area contributed by atoms with Crippen molar-refractivity contribution in [2.45, 2.75) is 40.0 Å². The summed E-state index contributed by atoms with van der Waals surface area (Å²) in [5.41, 5.74) is 0.182. The van der Waals surface area contributed by atoms with E-state index in [4.69, 9.17) is 0 Å². The molecule has 0 aromatic carbocycles. The van der Waals surface area contributed by atoms with E-state index in [0.717, 1.165) is 19.3 Å². The number of carbonyl (C=O) groups is 1. The fourth-order valence-electron chi connectivity index (χ4n) is 1.74. The van der Waals surface area contributed by atoms with Crippen molar-refractivity contribution < 1.29 is 4.79 Å². The van der Waals surface area contributed by atoms with Gasteiger partial charge in [-0.1, -0.05) is 33.3 Å². The number of allylic oxidation sites excluding steroid dienone is 2. The number of hydrogen-bond donors (Lipinski definition) is 0. The van der Waals surface area contributed by atoms with Gasteiger partial charge in [0, 0.05) is 5.92 Å². The van der Waals surface area contributed by atoms with E-state index in [-0.39, 0.29) is 11.3 Å². The van der Waals surface area contributed by atoms with E-state index >= 15 is 0 Å². The lowest BCUT2D eigenvalue weighted by atomic mass is 9.71. The Hall–Kier alpha value is -0.590. The van der Waals surface area contributed by atoms with Gasteiger partial charge in [-0.15, -0.1) is 0 Å². The van der Waals surface area contributed by atoms with E-state index in [9.17, 15) is 4.79 Å². The van der Waals surface area contributed by atoms with Crippen LogP contribution in [-0.4, -0.2) is 5.78 Å². The van der Waals surface area contributed by atoms with Crippen LogP contribution in [0, 0.1) is 11.3 Å². The zero-order valence-corrected chi connectivity index (χ0v) is 8.26. The zero-order valence-electron chi connectivity index (χ0n) is 8.26. The van der Waals surface area contributed by atoms with Gasteiger partial charge in [0.15, 0.2) is 5.78 Å². The lowest BCUT2D eigenvalue weighted by molar-refractivity contribution is -0.122. The molecule has 0 bridgehead atoms. The highest BCUT2D eigenvalue weighted by atomic mass is 16.1. The Morgan fingerprint density at radius 1 is 1.58 bits per heavy atom. The first-order valence-corrected chi connectivity index (χ1v) is 4.78. The summed E-state index contributed by atoms with van der Waals surface area (Å²) in [4.78, 5) is 11.5. The Kier molecular flexibility index (Phi) is 2.71. The number of hydrogen-bond acceptors (Lipinski definition) is 1. The molecule has 0 aliphatic heterocycles. The second-order valence-electron chi connectivity index (χ2n) is 4.28. The molecule has 1 atom stereocenters. The minimum Gasteiger partial charge on any atom is -0.295 e. The van der Waals surface area contributed by atoms with Crippen LogP contribution in [0.1, 0.15) is 40.0 Å². The van der Waals surface area contributed by atoms with Crippen LogP contribution < -0.4 is 0 Å². The van der Waals surface area contributed by atoms with E-state index < -0.39 is 0 Å². The maximum absolute atomic E-state index is 11.5. The molecule has 0 heterocycles. The highest BCUT2D eigenvalue weighted by Crippen LogP contribution is 2.36. The van der Waals surface area contributed by atoms with E-state index in [1.54, 1.807) is 6.08 Å². The highest BCUT2D eigenvalue weighted by molar-refractivity contribution is 5.92. The molecule has 1 aliphatic carbocycles. The van der Waals surface area contributed by atoms with Crippen molar-refractivity contribution in [1.82, 2.24) is 0 Å². The van der Waals surface area contributed by atoms with Gasteiger partial charge < -0.3 is 0 Å². The molecule has 1 unspecified atom stereocenters. The first-order chi connectivity index (χ1) is 5.58. The summed E-state index contributed by atoms with van der Waals surface area (Å²) in [5, 5.41) is 0. The average molecular weight is 166 g/mol. The molecule has 1 aliphatic rings. The Balaban J connectivity index is 2.75. The van der Waals surface area contributed by atoms with Crippen molar-refractivity contribution in [3.63, 3.8) is 0 Å². The van der Waals surface area contributed by atoms with E-state index in [1.165, 1.54) is 0 Å². The van der Waals surface area contributed by atoms with Crippen molar-refractivity contribution in [2.24, 2.45) is 11.3 Å². The molecule has 0 N–H and O–H groups in total. The smallest absolute Gasteiger partial charge is 0.158 e. The molecule has 68 valence electrons. The van der Waals surface area contributed by atoms with Gasteiger partial charge in [0.1, 0.15) is 0 Å². The van der Waals surface area contributed by atoms with Crippen LogP contribution >= 0.6 is 0 Å². The summed E-state index contributed by atoms with van der Waals surface area (Å²) < 4.78 is 0. The van der Waals surface area contributed by atoms with E-state index in [2.05, 4.69) is 20.8 Å². The lowest BCUT2D eigenvalue weighted by Gasteiger charge is -2.33. The Bertz CT molecular complexity index is 201. The van der Waals surface area contributed by atoms with Crippen LogP contribution in [0.4, 0.5) is 0 Å². The van der Waals surface area contributed by atoms with E-state index in [0.29, 0.717) is 5.78 Å². The van der Waals surface area contributed by atoms with Gasteiger partial charge in [-0.05, 0) is 24.3 Å². The maximum Gasteiger partial charge on any atom is 0.158 e. The van der Waals surface area contributed by atoms with Gasteiger partial charge >= 0.3 is 0 Å². The van der Waals surface area contributed by atoms with Gasteiger partial charge in [0.2, 0.25) is 0 Å². The first-order valence-electron chi connectivity index (χ1n) is 4.78. The van der Waals surface area contributed by atoms with Crippen LogP contribution in [0.25, 0.3) is 0 Å². The zero-order chi connectivity index (χ0) is 9.19. The summed E-state index contributed by atoms with van der Waals surface area (Å²) in [6, 6.07) is 0. The van der Waals surface area contributed by atoms with Crippen LogP contribution in [0.15, 0.2) is 12.2 Å². The number of rotatable bonds is 2. The number of ketones is 1. The van der Waals surface area contributed by atoms with Gasteiger partial charge in [-0.25, -0.2) is 0 Å². The third kappa shape index (κ3) is 1.77. The quantitative estimate of drug-likeness (QED) is 0.616. The molecule has 12 heavy (non-hydrogen) atoms. The average Bonchev–Trinajstić information content (AvgIpc) is 2.05. The van der Waals surface area contributed by atoms with Gasteiger partial charge in [-0.2, -0.15) is 0 Å². The van der Waals surface area contributed by atoms with Crippen molar-refractivity contribution in [1.29, 1.82) is 0 Å². The minimum atomic E-state index is 0.182. The van der Waals surface area contributed by atoms with Crippen LogP contribution in [0.3, 0.4) is 0 Å². The molecule has 0 fully saturated rings. The van der Waals surface area contributed by atoms with E-state index in [1.807, 2.05) is 6.08 Å². The molecule has 0 radical (unpaired) electrons. The van der Waals surface area contributed by atoms with Crippen molar-refractivity contribution in [3.05, 3.63) is 12.2 Å². The summed E-state index contributed by atoms with van der Waals surface area (Å²) in [5.74, 6) is 0.584. The van der Waals surface area contributed by atoms with Crippen LogP contribution in [0.2, 0.25) is 0 Å². The van der Waals surface area contributed by atoms with Gasteiger partial charge in [-0.3, -0.25) is 4.79 Å². The lowest BCUT2D eigenvalue weighted by Crippen LogP contribution is -2.30. The summed E-state index contributed by atoms with van der Waals surface area (Å²) in [7, 11) is 0. The standard InChI is InChI=1S/C11H18O/c1-4-11(2,3)9-7-5-6-8-10(9)12/h6,8-9H,4-5,7H2,1-3H3. The molecular weight excluding hydrogens is 148 g/mol. The molecule has 1 nitrogen and oxygen atoms in total. The van der Waals surface area contributed by atoms with Gasteiger partial charge in [0.25, 0.3) is 0 Å². The monoisotopic (exact) mass is 166 g/mol. The third-order valence-electron chi connectivity index (χ3n) is 3.10. The topological polar surface area (TPSA) is 17.1 Å². The van der Waals surface area contributed by atoms with Crippen molar-refractivity contribution in [2.75, 3.05) is 0 Å². The SMILES string of the molecule is CCC(C)(C)C1CCC=CC1=O. The molecule has 0 spiro atoms. The second-order valence-corrected chi connectivity index (χ2v) is 4.28. The summed E-state index contributed by atoms with van der Waals surface area (Å²) >= 11 is 0. The fourth-order valence-corrected chi connectivity index (χ4v) is 1.74. The Morgan fingerprint density at radius 2 is 2.25 bits per heavy atom. The predicted octanol–water partition coefficient (Wildman–Crippen LogP) is 2.96. The molecule has 1 rings (SSSR count). The minimum absolute atomic E-state index is 0.182. The third-order valence-corrected chi connectivity index (χ3v) is 3.10. The van der Waals surface area contributed by atoms with Crippen molar-refractivity contribution >= 4 is 5.78 Å². The van der Waals surface area contributed by atoms with Crippen LogP contribution in [-0.2, 0) is 4.79 Å². The first kappa shape index (κ1) is 9.50. The molecule has 0 aromatic heterocycles.